The lowest BCUT2D eigenvalue weighted by molar-refractivity contribution is -0.115. The van der Waals surface area contributed by atoms with Crippen LogP contribution in [0.1, 0.15) is 23.2 Å². The smallest absolute Gasteiger partial charge is 0.229 e. The van der Waals surface area contributed by atoms with Crippen LogP contribution < -0.4 is 10.1 Å². The number of aryl methyl sites for hydroxylation is 2. The van der Waals surface area contributed by atoms with Gasteiger partial charge in [0.2, 0.25) is 5.91 Å². The van der Waals surface area contributed by atoms with Crippen LogP contribution >= 0.6 is 0 Å². The molecule has 2 heterocycles. The fraction of sp³-hybridized carbons (Fsp3) is 0.222. The molecule has 0 spiro atoms. The Hall–Kier alpha value is -2.62. The van der Waals surface area contributed by atoms with Crippen molar-refractivity contribution in [1.82, 2.24) is 4.98 Å². The van der Waals surface area contributed by atoms with Crippen molar-refractivity contribution in [2.45, 2.75) is 26.7 Å². The molecular weight excluding hydrogens is 276 g/mol. The Morgan fingerprint density at radius 2 is 2.09 bits per heavy atom. The molecule has 0 atom stereocenters. The van der Waals surface area contributed by atoms with Gasteiger partial charge in [-0.05, 0) is 48.7 Å². The van der Waals surface area contributed by atoms with Crippen molar-refractivity contribution in [2.24, 2.45) is 0 Å². The standard InChI is InChI=1S/C18H18N2O2/c1-12-7-13(2)19-17(8-12)20-18(21)10-14-9-15-5-3-4-6-16(15)22-11-14/h3-8,11H,9-10H2,1-2H3,(H,19,20,21). The molecule has 1 aliphatic rings. The molecule has 22 heavy (non-hydrogen) atoms. The van der Waals surface area contributed by atoms with Crippen molar-refractivity contribution in [3.63, 3.8) is 0 Å². The average Bonchev–Trinajstić information content (AvgIpc) is 2.45. The van der Waals surface area contributed by atoms with Gasteiger partial charge in [-0.15, -0.1) is 0 Å². The maximum absolute atomic E-state index is 12.2. The number of fused-ring (bicyclic) bond motifs is 1. The molecule has 0 aliphatic carbocycles. The van der Waals surface area contributed by atoms with E-state index in [1.807, 2.05) is 50.2 Å². The van der Waals surface area contributed by atoms with Gasteiger partial charge in [-0.25, -0.2) is 4.98 Å². The summed E-state index contributed by atoms with van der Waals surface area (Å²) in [6.07, 6.45) is 2.73. The van der Waals surface area contributed by atoms with E-state index in [1.54, 1.807) is 6.26 Å². The van der Waals surface area contributed by atoms with Gasteiger partial charge in [0.1, 0.15) is 11.6 Å². The summed E-state index contributed by atoms with van der Waals surface area (Å²) in [5, 5.41) is 2.85. The predicted molar refractivity (Wildman–Crippen MR) is 85.8 cm³/mol. The maximum Gasteiger partial charge on any atom is 0.229 e. The first-order valence-electron chi connectivity index (χ1n) is 7.28. The van der Waals surface area contributed by atoms with Gasteiger partial charge in [-0.2, -0.15) is 0 Å². The second kappa shape index (κ2) is 6.02. The van der Waals surface area contributed by atoms with E-state index < -0.39 is 0 Å². The molecule has 0 saturated carbocycles. The molecule has 0 radical (unpaired) electrons. The number of pyridine rings is 1. The van der Waals surface area contributed by atoms with Crippen LogP contribution in [0.3, 0.4) is 0 Å². The number of ether oxygens (including phenoxy) is 1. The molecule has 4 nitrogen and oxygen atoms in total. The third kappa shape index (κ3) is 3.34. The molecule has 2 aromatic rings. The summed E-state index contributed by atoms with van der Waals surface area (Å²) in [5.74, 6) is 1.38. The van der Waals surface area contributed by atoms with E-state index in [4.69, 9.17) is 4.74 Å². The minimum Gasteiger partial charge on any atom is -0.465 e. The highest BCUT2D eigenvalue weighted by Crippen LogP contribution is 2.27. The molecule has 1 aliphatic heterocycles. The second-order valence-electron chi connectivity index (χ2n) is 5.57. The number of hydrogen-bond acceptors (Lipinski definition) is 3. The number of aromatic nitrogens is 1. The SMILES string of the molecule is Cc1cc(C)nc(NC(=O)CC2=COc3ccccc3C2)c1. The first-order valence-corrected chi connectivity index (χ1v) is 7.28. The van der Waals surface area contributed by atoms with Crippen molar-refractivity contribution in [3.8, 4) is 5.75 Å². The van der Waals surface area contributed by atoms with Crippen LogP contribution in [0.4, 0.5) is 5.82 Å². The summed E-state index contributed by atoms with van der Waals surface area (Å²) in [7, 11) is 0. The Morgan fingerprint density at radius 3 is 2.91 bits per heavy atom. The van der Waals surface area contributed by atoms with E-state index in [9.17, 15) is 4.79 Å². The summed E-state index contributed by atoms with van der Waals surface area (Å²) < 4.78 is 5.57. The molecular formula is C18H18N2O2. The molecule has 0 bridgehead atoms. The molecule has 0 unspecified atom stereocenters. The van der Waals surface area contributed by atoms with E-state index in [0.717, 1.165) is 34.6 Å². The molecule has 1 N–H and O–H groups in total. The third-order valence-electron chi connectivity index (χ3n) is 3.50. The van der Waals surface area contributed by atoms with Gasteiger partial charge in [0, 0.05) is 12.1 Å². The zero-order chi connectivity index (χ0) is 15.5. The van der Waals surface area contributed by atoms with Crippen LogP contribution in [0.25, 0.3) is 0 Å². The fourth-order valence-electron chi connectivity index (χ4n) is 2.60. The van der Waals surface area contributed by atoms with E-state index >= 15 is 0 Å². The first-order chi connectivity index (χ1) is 10.6. The number of anilines is 1. The molecule has 112 valence electrons. The monoisotopic (exact) mass is 294 g/mol. The van der Waals surface area contributed by atoms with Gasteiger partial charge < -0.3 is 10.1 Å². The summed E-state index contributed by atoms with van der Waals surface area (Å²) >= 11 is 0. The maximum atomic E-state index is 12.2. The lowest BCUT2D eigenvalue weighted by Gasteiger charge is -2.17. The highest BCUT2D eigenvalue weighted by molar-refractivity contribution is 5.91. The number of para-hydroxylation sites is 1. The Bertz CT molecular complexity index is 730. The number of nitrogens with zero attached hydrogens (tertiary/aromatic N) is 1. The molecule has 0 saturated heterocycles. The highest BCUT2D eigenvalue weighted by atomic mass is 16.5. The number of rotatable bonds is 3. The third-order valence-corrected chi connectivity index (χ3v) is 3.50. The quantitative estimate of drug-likeness (QED) is 0.942. The highest BCUT2D eigenvalue weighted by Gasteiger charge is 2.15. The Kier molecular flexibility index (Phi) is 3.92. The van der Waals surface area contributed by atoms with Crippen LogP contribution in [0.2, 0.25) is 0 Å². The minimum atomic E-state index is -0.0771. The van der Waals surface area contributed by atoms with Crippen molar-refractivity contribution in [2.75, 3.05) is 5.32 Å². The molecule has 4 heteroatoms. The zero-order valence-corrected chi connectivity index (χ0v) is 12.7. The molecule has 1 aromatic carbocycles. The Balaban J connectivity index is 1.64. The van der Waals surface area contributed by atoms with E-state index in [1.165, 1.54) is 0 Å². The molecule has 0 fully saturated rings. The van der Waals surface area contributed by atoms with Crippen molar-refractivity contribution >= 4 is 11.7 Å². The normalized spacial score (nSPS) is 12.9. The zero-order valence-electron chi connectivity index (χ0n) is 12.7. The van der Waals surface area contributed by atoms with E-state index in [2.05, 4.69) is 10.3 Å². The Morgan fingerprint density at radius 1 is 1.27 bits per heavy atom. The van der Waals surface area contributed by atoms with Gasteiger partial charge in [-0.3, -0.25) is 4.79 Å². The largest absolute Gasteiger partial charge is 0.465 e. The lowest BCUT2D eigenvalue weighted by atomic mass is 10.0. The Labute approximate surface area is 129 Å². The van der Waals surface area contributed by atoms with Crippen LogP contribution in [0.15, 0.2) is 48.2 Å². The summed E-state index contributed by atoms with van der Waals surface area (Å²) in [6, 6.07) is 11.7. The van der Waals surface area contributed by atoms with Gasteiger partial charge >= 0.3 is 0 Å². The van der Waals surface area contributed by atoms with Crippen molar-refractivity contribution in [3.05, 3.63) is 65.1 Å². The number of nitrogens with one attached hydrogen (secondary N) is 1. The summed E-state index contributed by atoms with van der Waals surface area (Å²) in [5.41, 5.74) is 4.04. The van der Waals surface area contributed by atoms with Crippen LogP contribution in [-0.2, 0) is 11.2 Å². The number of amides is 1. The first kappa shape index (κ1) is 14.3. The lowest BCUT2D eigenvalue weighted by Crippen LogP contribution is -2.16. The second-order valence-corrected chi connectivity index (χ2v) is 5.57. The van der Waals surface area contributed by atoms with Gasteiger partial charge in [0.15, 0.2) is 0 Å². The topological polar surface area (TPSA) is 51.2 Å². The summed E-state index contributed by atoms with van der Waals surface area (Å²) in [6.45, 7) is 3.90. The number of carbonyl (C=O) groups excluding carboxylic acids is 1. The van der Waals surface area contributed by atoms with Crippen molar-refractivity contribution < 1.29 is 9.53 Å². The van der Waals surface area contributed by atoms with Gasteiger partial charge in [0.05, 0.1) is 12.7 Å². The minimum absolute atomic E-state index is 0.0771. The fourth-order valence-corrected chi connectivity index (χ4v) is 2.60. The van der Waals surface area contributed by atoms with E-state index in [-0.39, 0.29) is 5.91 Å². The van der Waals surface area contributed by atoms with Crippen LogP contribution in [0.5, 0.6) is 5.75 Å². The van der Waals surface area contributed by atoms with Gasteiger partial charge in [-0.1, -0.05) is 18.2 Å². The average molecular weight is 294 g/mol. The predicted octanol–water partition coefficient (Wildman–Crippen LogP) is 3.55. The van der Waals surface area contributed by atoms with Gasteiger partial charge in [0.25, 0.3) is 0 Å². The van der Waals surface area contributed by atoms with Crippen molar-refractivity contribution in [1.29, 1.82) is 0 Å². The molecule has 1 aromatic heterocycles. The van der Waals surface area contributed by atoms with Crippen LogP contribution in [0, 0.1) is 13.8 Å². The number of carbonyl (C=O) groups is 1. The number of benzene rings is 1. The number of hydrogen-bond donors (Lipinski definition) is 1. The van der Waals surface area contributed by atoms with Crippen LogP contribution in [-0.4, -0.2) is 10.9 Å². The van der Waals surface area contributed by atoms with E-state index in [0.29, 0.717) is 12.2 Å². The molecule has 1 amide bonds. The summed E-state index contributed by atoms with van der Waals surface area (Å²) in [4.78, 5) is 16.5. The molecule has 3 rings (SSSR count).